The Kier molecular flexibility index (Phi) is 6.86. The first-order chi connectivity index (χ1) is 18.0. The predicted octanol–water partition coefficient (Wildman–Crippen LogP) is 5.64. The fourth-order valence-corrected chi connectivity index (χ4v) is 5.08. The number of amides is 2. The number of hydrazone groups is 2. The summed E-state index contributed by atoms with van der Waals surface area (Å²) in [5.74, 6) is -1.25. The number of hydrogen-bond donors (Lipinski definition) is 0. The van der Waals surface area contributed by atoms with Crippen LogP contribution in [0, 0.1) is 11.8 Å². The fourth-order valence-electron chi connectivity index (χ4n) is 5.08. The van der Waals surface area contributed by atoms with Crippen LogP contribution in [0.1, 0.15) is 38.7 Å². The maximum Gasteiger partial charge on any atom is 0.256 e. The average molecular weight is 495 g/mol. The van der Waals surface area contributed by atoms with Gasteiger partial charge in [0, 0.05) is 17.3 Å². The Labute approximate surface area is 217 Å². The number of anilines is 2. The van der Waals surface area contributed by atoms with Gasteiger partial charge in [-0.3, -0.25) is 9.59 Å². The highest BCUT2D eigenvalue weighted by molar-refractivity contribution is 6.19. The molecule has 2 atom stereocenters. The number of para-hydroxylation sites is 2. The van der Waals surface area contributed by atoms with Gasteiger partial charge >= 0.3 is 0 Å². The zero-order chi connectivity index (χ0) is 25.9. The lowest BCUT2D eigenvalue weighted by Gasteiger charge is -2.28. The fraction of sp³-hybridized carbons (Fsp3) is 0.267. The molecule has 2 unspecified atom stereocenters. The number of benzene rings is 3. The van der Waals surface area contributed by atoms with Crippen molar-refractivity contribution in [2.24, 2.45) is 22.0 Å². The molecule has 7 nitrogen and oxygen atoms in total. The lowest BCUT2D eigenvalue weighted by atomic mass is 9.73. The van der Waals surface area contributed by atoms with Crippen molar-refractivity contribution in [3.05, 3.63) is 90.5 Å². The molecular weight excluding hydrogens is 464 g/mol. The Morgan fingerprint density at radius 2 is 1.19 bits per heavy atom. The zero-order valence-electron chi connectivity index (χ0n) is 21.2. The maximum absolute atomic E-state index is 13.9. The third kappa shape index (κ3) is 4.65. The molecule has 7 heteroatoms. The molecule has 3 aromatic rings. The molecule has 0 N–H and O–H groups in total. The van der Waals surface area contributed by atoms with Crippen LogP contribution in [0.5, 0.6) is 5.75 Å². The molecule has 0 bridgehead atoms. The van der Waals surface area contributed by atoms with E-state index in [1.54, 1.807) is 0 Å². The normalized spacial score (nSPS) is 20.2. The summed E-state index contributed by atoms with van der Waals surface area (Å²) in [6, 6.07) is 26.5. The molecule has 0 spiro atoms. The van der Waals surface area contributed by atoms with Crippen LogP contribution in [0.4, 0.5) is 11.4 Å². The van der Waals surface area contributed by atoms with Crippen molar-refractivity contribution in [2.75, 3.05) is 16.6 Å². The third-order valence-electron chi connectivity index (χ3n) is 6.82. The molecule has 0 aliphatic carbocycles. The molecule has 3 aromatic carbocycles. The zero-order valence-corrected chi connectivity index (χ0v) is 21.2. The number of hydrogen-bond acceptors (Lipinski definition) is 5. The minimum absolute atomic E-state index is 0.154. The largest absolute Gasteiger partial charge is 0.494 e. The first kappa shape index (κ1) is 24.4. The average Bonchev–Trinajstić information content (AvgIpc) is 3.39. The summed E-state index contributed by atoms with van der Waals surface area (Å²) < 4.78 is 5.78. The molecule has 2 aliphatic heterocycles. The van der Waals surface area contributed by atoms with Gasteiger partial charge in [-0.15, -0.1) is 0 Å². The van der Waals surface area contributed by atoms with Gasteiger partial charge in [0.2, 0.25) is 0 Å². The van der Waals surface area contributed by atoms with E-state index in [2.05, 4.69) is 17.1 Å². The second kappa shape index (κ2) is 10.4. The highest BCUT2D eigenvalue weighted by Gasteiger charge is 2.50. The van der Waals surface area contributed by atoms with Gasteiger partial charge in [-0.05, 0) is 62.2 Å². The molecule has 0 fully saturated rings. The van der Waals surface area contributed by atoms with E-state index in [0.717, 1.165) is 17.7 Å². The Bertz CT molecular complexity index is 1260. The van der Waals surface area contributed by atoms with Crippen molar-refractivity contribution in [3.8, 4) is 5.75 Å². The van der Waals surface area contributed by atoms with Crippen molar-refractivity contribution < 1.29 is 14.3 Å². The Morgan fingerprint density at radius 1 is 0.730 bits per heavy atom. The van der Waals surface area contributed by atoms with Crippen LogP contribution in [0.25, 0.3) is 0 Å². The summed E-state index contributed by atoms with van der Waals surface area (Å²) in [5, 5.41) is 12.2. The number of carbonyl (C=O) groups is 2. The van der Waals surface area contributed by atoms with Gasteiger partial charge in [0.25, 0.3) is 11.8 Å². The van der Waals surface area contributed by atoms with Gasteiger partial charge in [-0.1, -0.05) is 55.5 Å². The van der Waals surface area contributed by atoms with E-state index < -0.39 is 17.8 Å². The number of carbonyl (C=O) groups excluding carboxylic acids is 2. The molecule has 0 saturated carbocycles. The molecule has 0 radical (unpaired) electrons. The Hall–Kier alpha value is -4.26. The van der Waals surface area contributed by atoms with Crippen LogP contribution < -0.4 is 14.8 Å². The molecule has 2 amide bonds. The van der Waals surface area contributed by atoms with E-state index in [4.69, 9.17) is 4.74 Å². The van der Waals surface area contributed by atoms with Crippen LogP contribution in [0.15, 0.2) is 95.1 Å². The molecule has 0 aromatic heterocycles. The summed E-state index contributed by atoms with van der Waals surface area (Å²) in [6.45, 7) is 6.40. The van der Waals surface area contributed by atoms with E-state index in [1.165, 1.54) is 10.0 Å². The number of nitrogens with zero attached hydrogens (tertiary/aromatic N) is 4. The van der Waals surface area contributed by atoms with E-state index in [-0.39, 0.29) is 11.8 Å². The van der Waals surface area contributed by atoms with Gasteiger partial charge in [0.15, 0.2) is 0 Å². The van der Waals surface area contributed by atoms with Gasteiger partial charge in [-0.2, -0.15) is 10.2 Å². The molecule has 37 heavy (non-hydrogen) atoms. The molecule has 2 heterocycles. The summed E-state index contributed by atoms with van der Waals surface area (Å²) >= 11 is 0. The minimum Gasteiger partial charge on any atom is -0.494 e. The smallest absolute Gasteiger partial charge is 0.256 e. The van der Waals surface area contributed by atoms with Crippen LogP contribution in [-0.4, -0.2) is 29.8 Å². The van der Waals surface area contributed by atoms with Gasteiger partial charge < -0.3 is 4.74 Å². The SMILES string of the molecule is CCCOc1ccc(C(C2C(=O)N(c3ccccc3)N=C2C)C2C(=O)N(c3ccccc3)N=C2C)cc1. The first-order valence-corrected chi connectivity index (χ1v) is 12.6. The second-order valence-corrected chi connectivity index (χ2v) is 9.35. The van der Waals surface area contributed by atoms with Crippen LogP contribution in [0.3, 0.4) is 0 Å². The minimum atomic E-state index is -0.613. The standard InChI is InChI=1S/C30H30N4O3/c1-4-19-37-25-17-15-22(16-18-25)28(26-20(2)31-33(29(26)35)23-11-7-5-8-12-23)27-21(3)32-34(30(27)36)24-13-9-6-10-14-24/h5-18,26-28H,4,19H2,1-3H3. The first-order valence-electron chi connectivity index (χ1n) is 12.6. The van der Waals surface area contributed by atoms with E-state index in [0.29, 0.717) is 29.4 Å². The van der Waals surface area contributed by atoms with Gasteiger partial charge in [-0.25, -0.2) is 10.0 Å². The third-order valence-corrected chi connectivity index (χ3v) is 6.82. The Morgan fingerprint density at radius 3 is 1.62 bits per heavy atom. The van der Waals surface area contributed by atoms with Crippen molar-refractivity contribution in [3.63, 3.8) is 0 Å². The highest BCUT2D eigenvalue weighted by atomic mass is 16.5. The summed E-state index contributed by atoms with van der Waals surface area (Å²) in [5.41, 5.74) is 3.61. The van der Waals surface area contributed by atoms with Crippen molar-refractivity contribution in [1.82, 2.24) is 0 Å². The Balaban J connectivity index is 1.54. The van der Waals surface area contributed by atoms with Crippen molar-refractivity contribution in [1.29, 1.82) is 0 Å². The highest BCUT2D eigenvalue weighted by Crippen LogP contribution is 2.42. The van der Waals surface area contributed by atoms with Crippen LogP contribution >= 0.6 is 0 Å². The lowest BCUT2D eigenvalue weighted by molar-refractivity contribution is -0.122. The monoisotopic (exact) mass is 494 g/mol. The molecular formula is C30H30N4O3. The van der Waals surface area contributed by atoms with Crippen molar-refractivity contribution >= 4 is 34.6 Å². The van der Waals surface area contributed by atoms with Crippen molar-refractivity contribution in [2.45, 2.75) is 33.1 Å². The second-order valence-electron chi connectivity index (χ2n) is 9.35. The van der Waals surface area contributed by atoms with E-state index in [9.17, 15) is 9.59 Å². The predicted molar refractivity (Wildman–Crippen MR) is 146 cm³/mol. The summed E-state index contributed by atoms with van der Waals surface area (Å²) in [7, 11) is 0. The van der Waals surface area contributed by atoms with Gasteiger partial charge in [0.05, 0.1) is 29.8 Å². The number of rotatable bonds is 8. The molecule has 0 saturated heterocycles. The van der Waals surface area contributed by atoms with E-state index in [1.807, 2.05) is 98.8 Å². The maximum atomic E-state index is 13.9. The molecule has 2 aliphatic rings. The topological polar surface area (TPSA) is 74.6 Å². The van der Waals surface area contributed by atoms with Gasteiger partial charge in [0.1, 0.15) is 5.75 Å². The number of ether oxygens (including phenoxy) is 1. The lowest BCUT2D eigenvalue weighted by Crippen LogP contribution is -2.40. The summed E-state index contributed by atoms with van der Waals surface area (Å²) in [4.78, 5) is 27.8. The quantitative estimate of drug-likeness (QED) is 0.407. The van der Waals surface area contributed by atoms with Crippen LogP contribution in [-0.2, 0) is 9.59 Å². The summed E-state index contributed by atoms with van der Waals surface area (Å²) in [6.07, 6.45) is 0.910. The molecule has 188 valence electrons. The molecule has 5 rings (SSSR count). The van der Waals surface area contributed by atoms with Crippen LogP contribution in [0.2, 0.25) is 0 Å². The van der Waals surface area contributed by atoms with E-state index >= 15 is 0 Å².